The number of aryl methyl sites for hydroxylation is 2. The van der Waals surface area contributed by atoms with Crippen molar-refractivity contribution in [3.8, 4) is 5.75 Å². The highest BCUT2D eigenvalue weighted by Gasteiger charge is 2.18. The van der Waals surface area contributed by atoms with Crippen LogP contribution in [0.1, 0.15) is 18.1 Å². The first kappa shape index (κ1) is 19.2. The maximum atomic E-state index is 12.5. The Kier molecular flexibility index (Phi) is 6.01. The molecule has 0 aromatic heterocycles. The van der Waals surface area contributed by atoms with Crippen molar-refractivity contribution in [2.75, 3.05) is 43.4 Å². The number of carbonyl (C=O) groups excluding carboxylic acids is 1. The van der Waals surface area contributed by atoms with Crippen molar-refractivity contribution in [3.63, 3.8) is 0 Å². The van der Waals surface area contributed by atoms with E-state index in [4.69, 9.17) is 4.74 Å². The number of ether oxygens (including phenoxy) is 1. The number of rotatable bonds is 5. The molecule has 27 heavy (non-hydrogen) atoms. The van der Waals surface area contributed by atoms with Gasteiger partial charge in [-0.05, 0) is 69.3 Å². The Morgan fingerprint density at radius 3 is 2.48 bits per heavy atom. The topological polar surface area (TPSA) is 44.8 Å². The highest BCUT2D eigenvalue weighted by molar-refractivity contribution is 5.95. The van der Waals surface area contributed by atoms with Crippen LogP contribution in [0.3, 0.4) is 0 Å². The molecule has 0 aliphatic carbocycles. The Hall–Kier alpha value is -2.53. The normalized spacial score (nSPS) is 16.1. The van der Waals surface area contributed by atoms with Gasteiger partial charge in [0.1, 0.15) is 5.75 Å². The van der Waals surface area contributed by atoms with Crippen molar-refractivity contribution in [2.45, 2.75) is 26.9 Å². The van der Waals surface area contributed by atoms with Crippen LogP contribution in [0.15, 0.2) is 42.5 Å². The fourth-order valence-corrected chi connectivity index (χ4v) is 3.23. The van der Waals surface area contributed by atoms with Gasteiger partial charge in [-0.15, -0.1) is 0 Å². The third-order valence-electron chi connectivity index (χ3n) is 5.01. The number of hydrogen-bond acceptors (Lipinski definition) is 4. The van der Waals surface area contributed by atoms with E-state index >= 15 is 0 Å². The molecule has 0 spiro atoms. The van der Waals surface area contributed by atoms with Crippen LogP contribution in [0.4, 0.5) is 11.4 Å². The summed E-state index contributed by atoms with van der Waals surface area (Å²) in [6.07, 6.45) is -0.566. The van der Waals surface area contributed by atoms with E-state index in [1.807, 2.05) is 44.2 Å². The van der Waals surface area contributed by atoms with Gasteiger partial charge in [-0.1, -0.05) is 12.1 Å². The van der Waals surface area contributed by atoms with E-state index in [0.29, 0.717) is 5.75 Å². The van der Waals surface area contributed by atoms with Gasteiger partial charge in [0.25, 0.3) is 5.91 Å². The molecule has 5 nitrogen and oxygen atoms in total. The molecule has 1 amide bonds. The van der Waals surface area contributed by atoms with Crippen LogP contribution in [-0.2, 0) is 4.79 Å². The fourth-order valence-electron chi connectivity index (χ4n) is 3.23. The molecule has 1 atom stereocenters. The standard InChI is InChI=1S/C22H29N3O2/c1-16-6-5-7-20(14-16)27-18(3)22(26)23-21-9-8-19(15-17(21)2)25-12-10-24(4)11-13-25/h5-9,14-15,18H,10-13H2,1-4H3,(H,23,26). The minimum absolute atomic E-state index is 0.146. The van der Waals surface area contributed by atoms with Crippen LogP contribution in [0.5, 0.6) is 5.75 Å². The Labute approximate surface area is 161 Å². The molecule has 1 aliphatic heterocycles. The third-order valence-corrected chi connectivity index (χ3v) is 5.01. The van der Waals surface area contributed by atoms with E-state index in [-0.39, 0.29) is 5.91 Å². The lowest BCUT2D eigenvalue weighted by Crippen LogP contribution is -2.44. The minimum atomic E-state index is -0.566. The monoisotopic (exact) mass is 367 g/mol. The molecule has 1 unspecified atom stereocenters. The van der Waals surface area contributed by atoms with E-state index in [9.17, 15) is 4.79 Å². The van der Waals surface area contributed by atoms with Gasteiger partial charge in [-0.25, -0.2) is 0 Å². The molecule has 2 aromatic rings. The van der Waals surface area contributed by atoms with Crippen molar-refractivity contribution >= 4 is 17.3 Å². The number of likely N-dealkylation sites (N-methyl/N-ethyl adjacent to an activating group) is 1. The quantitative estimate of drug-likeness (QED) is 0.879. The van der Waals surface area contributed by atoms with E-state index in [0.717, 1.165) is 43.0 Å². The summed E-state index contributed by atoms with van der Waals surface area (Å²) in [7, 11) is 2.15. The zero-order valence-electron chi connectivity index (χ0n) is 16.7. The smallest absolute Gasteiger partial charge is 0.265 e. The zero-order chi connectivity index (χ0) is 19.4. The number of piperazine rings is 1. The summed E-state index contributed by atoms with van der Waals surface area (Å²) in [4.78, 5) is 17.3. The van der Waals surface area contributed by atoms with Crippen LogP contribution in [0.25, 0.3) is 0 Å². The maximum Gasteiger partial charge on any atom is 0.265 e. The van der Waals surface area contributed by atoms with Gasteiger partial charge in [0.15, 0.2) is 6.10 Å². The first-order valence-corrected chi connectivity index (χ1v) is 9.51. The first-order chi connectivity index (χ1) is 12.9. The Balaban J connectivity index is 1.62. The number of carbonyl (C=O) groups is 1. The highest BCUT2D eigenvalue weighted by atomic mass is 16.5. The lowest BCUT2D eigenvalue weighted by Gasteiger charge is -2.34. The minimum Gasteiger partial charge on any atom is -0.481 e. The van der Waals surface area contributed by atoms with Crippen LogP contribution in [0, 0.1) is 13.8 Å². The van der Waals surface area contributed by atoms with Crippen LogP contribution < -0.4 is 15.0 Å². The van der Waals surface area contributed by atoms with Gasteiger partial charge in [-0.2, -0.15) is 0 Å². The number of hydrogen-bond donors (Lipinski definition) is 1. The van der Waals surface area contributed by atoms with Crippen molar-refractivity contribution in [1.82, 2.24) is 4.90 Å². The second-order valence-corrected chi connectivity index (χ2v) is 7.36. The average Bonchev–Trinajstić information content (AvgIpc) is 2.64. The lowest BCUT2D eigenvalue weighted by molar-refractivity contribution is -0.122. The summed E-state index contributed by atoms with van der Waals surface area (Å²) >= 11 is 0. The SMILES string of the molecule is Cc1cccc(OC(C)C(=O)Nc2ccc(N3CCN(C)CC3)cc2C)c1. The zero-order valence-corrected chi connectivity index (χ0v) is 16.7. The maximum absolute atomic E-state index is 12.5. The fraction of sp³-hybridized carbons (Fsp3) is 0.409. The Morgan fingerprint density at radius 1 is 1.07 bits per heavy atom. The molecule has 1 aliphatic rings. The average molecular weight is 367 g/mol. The lowest BCUT2D eigenvalue weighted by atomic mass is 10.1. The summed E-state index contributed by atoms with van der Waals surface area (Å²) in [5, 5.41) is 2.99. The van der Waals surface area contributed by atoms with E-state index in [1.54, 1.807) is 6.92 Å². The summed E-state index contributed by atoms with van der Waals surface area (Å²) in [6, 6.07) is 13.9. The Morgan fingerprint density at radius 2 is 1.81 bits per heavy atom. The van der Waals surface area contributed by atoms with Gasteiger partial charge in [-0.3, -0.25) is 4.79 Å². The van der Waals surface area contributed by atoms with Gasteiger partial charge >= 0.3 is 0 Å². The van der Waals surface area contributed by atoms with E-state index in [2.05, 4.69) is 34.3 Å². The van der Waals surface area contributed by atoms with Crippen molar-refractivity contribution in [2.24, 2.45) is 0 Å². The molecule has 0 radical (unpaired) electrons. The molecule has 1 fully saturated rings. The molecule has 144 valence electrons. The van der Waals surface area contributed by atoms with Crippen molar-refractivity contribution < 1.29 is 9.53 Å². The molecule has 3 rings (SSSR count). The Bertz CT molecular complexity index is 798. The number of anilines is 2. The van der Waals surface area contributed by atoms with Crippen LogP contribution in [-0.4, -0.2) is 50.1 Å². The summed E-state index contributed by atoms with van der Waals surface area (Å²) < 4.78 is 5.77. The largest absolute Gasteiger partial charge is 0.481 e. The van der Waals surface area contributed by atoms with Gasteiger partial charge in [0, 0.05) is 37.6 Å². The molecular weight excluding hydrogens is 338 g/mol. The van der Waals surface area contributed by atoms with E-state index < -0.39 is 6.10 Å². The molecule has 1 heterocycles. The molecule has 1 N–H and O–H groups in total. The first-order valence-electron chi connectivity index (χ1n) is 9.51. The number of amides is 1. The predicted octanol–water partition coefficient (Wildman–Crippen LogP) is 3.46. The van der Waals surface area contributed by atoms with Crippen LogP contribution in [0.2, 0.25) is 0 Å². The van der Waals surface area contributed by atoms with Gasteiger partial charge in [0.2, 0.25) is 0 Å². The molecule has 5 heteroatoms. The molecule has 0 saturated carbocycles. The van der Waals surface area contributed by atoms with Gasteiger partial charge in [0.05, 0.1) is 0 Å². The van der Waals surface area contributed by atoms with Crippen molar-refractivity contribution in [3.05, 3.63) is 53.6 Å². The summed E-state index contributed by atoms with van der Waals surface area (Å²) in [6.45, 7) is 10.0. The molecule has 2 aromatic carbocycles. The van der Waals surface area contributed by atoms with E-state index in [1.165, 1.54) is 5.69 Å². The number of nitrogens with zero attached hydrogens (tertiary/aromatic N) is 2. The third kappa shape index (κ3) is 5.01. The van der Waals surface area contributed by atoms with Crippen molar-refractivity contribution in [1.29, 1.82) is 0 Å². The molecular formula is C22H29N3O2. The predicted molar refractivity (Wildman–Crippen MR) is 111 cm³/mol. The number of nitrogens with one attached hydrogen (secondary N) is 1. The second kappa shape index (κ2) is 8.44. The molecule has 0 bridgehead atoms. The van der Waals surface area contributed by atoms with Gasteiger partial charge < -0.3 is 19.9 Å². The van der Waals surface area contributed by atoms with Crippen LogP contribution >= 0.6 is 0 Å². The molecule has 1 saturated heterocycles. The highest BCUT2D eigenvalue weighted by Crippen LogP contribution is 2.24. The second-order valence-electron chi connectivity index (χ2n) is 7.36. The summed E-state index contributed by atoms with van der Waals surface area (Å²) in [5.74, 6) is 0.562. The number of benzene rings is 2. The summed E-state index contributed by atoms with van der Waals surface area (Å²) in [5.41, 5.74) is 4.21.